The molecule has 0 aromatic heterocycles. The number of para-hydroxylation sites is 2. The summed E-state index contributed by atoms with van der Waals surface area (Å²) in [6.07, 6.45) is 4.60. The van der Waals surface area contributed by atoms with E-state index >= 15 is 0 Å². The normalized spacial score (nSPS) is 30.3. The molecule has 5 heteroatoms. The second-order valence-electron chi connectivity index (χ2n) is 5.86. The average molecular weight is 259 g/mol. The topological polar surface area (TPSA) is 61.5 Å². The highest BCUT2D eigenvalue weighted by Crippen LogP contribution is 2.37. The maximum absolute atomic E-state index is 9.86. The third kappa shape index (κ3) is 2.45. The van der Waals surface area contributed by atoms with Gasteiger partial charge in [-0.2, -0.15) is 0 Å². The van der Waals surface area contributed by atoms with Gasteiger partial charge in [0.05, 0.1) is 11.4 Å². The number of piperidine rings is 1. The lowest BCUT2D eigenvalue weighted by Crippen LogP contribution is -2.52. The molecule has 4 nitrogen and oxygen atoms in total. The van der Waals surface area contributed by atoms with E-state index in [1.807, 2.05) is 31.1 Å². The van der Waals surface area contributed by atoms with Crippen LogP contribution in [0.1, 0.15) is 25.7 Å². The van der Waals surface area contributed by atoms with Crippen LogP contribution in [0.15, 0.2) is 24.3 Å². The standard InChI is InChI=1S/C14H22BN3O/c1-15(19)18-11-6-7-12(18)9-10(8-11)17-14-5-3-2-4-13(14)16/h2-5,10-12,17,19H,6-9,16H2,1H3/t10?,11-,12+. The number of fused-ring (bicyclic) bond motifs is 2. The monoisotopic (exact) mass is 259 g/mol. The quantitative estimate of drug-likeness (QED) is 0.572. The summed E-state index contributed by atoms with van der Waals surface area (Å²) in [5.74, 6) is 0. The van der Waals surface area contributed by atoms with Gasteiger partial charge in [-0.15, -0.1) is 0 Å². The zero-order valence-electron chi connectivity index (χ0n) is 11.4. The second-order valence-corrected chi connectivity index (χ2v) is 5.86. The second kappa shape index (κ2) is 5.06. The summed E-state index contributed by atoms with van der Waals surface area (Å²) in [7, 11) is -0.319. The highest BCUT2D eigenvalue weighted by Gasteiger charge is 2.43. The minimum atomic E-state index is -0.319. The first-order valence-electron chi connectivity index (χ1n) is 7.21. The molecule has 2 bridgehead atoms. The van der Waals surface area contributed by atoms with Gasteiger partial charge in [-0.25, -0.2) is 0 Å². The smallest absolute Gasteiger partial charge is 0.376 e. The van der Waals surface area contributed by atoms with E-state index in [0.717, 1.165) is 24.2 Å². The Bertz CT molecular complexity index is 440. The molecule has 1 aromatic rings. The first-order valence-corrected chi connectivity index (χ1v) is 7.21. The highest BCUT2D eigenvalue weighted by molar-refractivity contribution is 6.45. The molecule has 2 saturated heterocycles. The molecule has 0 aliphatic carbocycles. The lowest BCUT2D eigenvalue weighted by atomic mass is 9.78. The van der Waals surface area contributed by atoms with E-state index in [1.54, 1.807) is 0 Å². The number of nitrogen functional groups attached to an aromatic ring is 1. The molecule has 3 atom stereocenters. The summed E-state index contributed by atoms with van der Waals surface area (Å²) in [6.45, 7) is 1.88. The Labute approximate surface area is 115 Å². The Morgan fingerprint density at radius 2 is 1.89 bits per heavy atom. The Morgan fingerprint density at radius 3 is 2.47 bits per heavy atom. The lowest BCUT2D eigenvalue weighted by Gasteiger charge is -2.40. The average Bonchev–Trinajstić information content (AvgIpc) is 2.65. The molecule has 102 valence electrons. The van der Waals surface area contributed by atoms with Gasteiger partial charge in [0.15, 0.2) is 0 Å². The zero-order chi connectivity index (χ0) is 13.4. The van der Waals surface area contributed by atoms with Crippen LogP contribution in [-0.2, 0) is 0 Å². The van der Waals surface area contributed by atoms with Crippen molar-refractivity contribution in [2.45, 2.75) is 50.6 Å². The van der Waals surface area contributed by atoms with Crippen LogP contribution < -0.4 is 11.1 Å². The Kier molecular flexibility index (Phi) is 3.41. The van der Waals surface area contributed by atoms with Crippen molar-refractivity contribution in [2.75, 3.05) is 11.1 Å². The van der Waals surface area contributed by atoms with E-state index in [4.69, 9.17) is 5.73 Å². The van der Waals surface area contributed by atoms with Crippen LogP contribution in [0.5, 0.6) is 0 Å². The van der Waals surface area contributed by atoms with Crippen molar-refractivity contribution < 1.29 is 5.02 Å². The Balaban J connectivity index is 1.68. The lowest BCUT2D eigenvalue weighted by molar-refractivity contribution is 0.208. The summed E-state index contributed by atoms with van der Waals surface area (Å²) in [6, 6.07) is 9.44. The number of hydrogen-bond donors (Lipinski definition) is 3. The third-order valence-corrected chi connectivity index (χ3v) is 4.54. The highest BCUT2D eigenvalue weighted by atomic mass is 16.2. The number of nitrogens with zero attached hydrogens (tertiary/aromatic N) is 1. The number of nitrogens with one attached hydrogen (secondary N) is 1. The molecule has 0 saturated carbocycles. The van der Waals surface area contributed by atoms with E-state index in [2.05, 4.69) is 10.1 Å². The molecule has 19 heavy (non-hydrogen) atoms. The predicted molar refractivity (Wildman–Crippen MR) is 80.0 cm³/mol. The summed E-state index contributed by atoms with van der Waals surface area (Å²) in [5.41, 5.74) is 7.84. The van der Waals surface area contributed by atoms with Gasteiger partial charge in [0.2, 0.25) is 0 Å². The van der Waals surface area contributed by atoms with Gasteiger partial charge in [-0.1, -0.05) is 12.1 Å². The molecule has 2 fully saturated rings. The van der Waals surface area contributed by atoms with Crippen molar-refractivity contribution >= 4 is 18.4 Å². The molecule has 2 heterocycles. The number of benzene rings is 1. The SMILES string of the molecule is CB(O)N1[C@@H]2CC[C@H]1CC(Nc1ccccc1N)C2. The van der Waals surface area contributed by atoms with Crippen LogP contribution in [0, 0.1) is 0 Å². The first-order chi connectivity index (χ1) is 9.15. The van der Waals surface area contributed by atoms with Gasteiger partial charge in [0.25, 0.3) is 0 Å². The molecular formula is C14H22BN3O. The van der Waals surface area contributed by atoms with Gasteiger partial charge < -0.3 is 20.9 Å². The summed E-state index contributed by atoms with van der Waals surface area (Å²) in [5, 5.41) is 13.4. The maximum Gasteiger partial charge on any atom is 0.376 e. The largest absolute Gasteiger partial charge is 0.437 e. The number of hydrogen-bond acceptors (Lipinski definition) is 4. The molecular weight excluding hydrogens is 237 g/mol. The summed E-state index contributed by atoms with van der Waals surface area (Å²) >= 11 is 0. The first kappa shape index (κ1) is 12.8. The molecule has 0 radical (unpaired) electrons. The fraction of sp³-hybridized carbons (Fsp3) is 0.571. The molecule has 2 aliphatic rings. The Morgan fingerprint density at radius 1 is 1.26 bits per heavy atom. The van der Waals surface area contributed by atoms with Crippen molar-refractivity contribution in [3.63, 3.8) is 0 Å². The molecule has 2 aliphatic heterocycles. The van der Waals surface area contributed by atoms with Crippen LogP contribution in [0.4, 0.5) is 11.4 Å². The summed E-state index contributed by atoms with van der Waals surface area (Å²) in [4.78, 5) is 2.28. The van der Waals surface area contributed by atoms with Gasteiger partial charge in [0.1, 0.15) is 0 Å². The number of rotatable bonds is 3. The van der Waals surface area contributed by atoms with Crippen LogP contribution in [0.3, 0.4) is 0 Å². The molecule has 1 aromatic carbocycles. The van der Waals surface area contributed by atoms with Gasteiger partial charge >= 0.3 is 7.05 Å². The minimum Gasteiger partial charge on any atom is -0.437 e. The van der Waals surface area contributed by atoms with Crippen molar-refractivity contribution in [3.05, 3.63) is 24.3 Å². The van der Waals surface area contributed by atoms with Crippen LogP contribution >= 0.6 is 0 Å². The molecule has 4 N–H and O–H groups in total. The molecule has 0 spiro atoms. The van der Waals surface area contributed by atoms with E-state index < -0.39 is 0 Å². The van der Waals surface area contributed by atoms with E-state index in [1.165, 1.54) is 12.8 Å². The number of anilines is 2. The molecule has 1 unspecified atom stereocenters. The number of nitrogens with two attached hydrogens (primary N) is 1. The molecule has 3 rings (SSSR count). The van der Waals surface area contributed by atoms with Crippen molar-refractivity contribution in [3.8, 4) is 0 Å². The van der Waals surface area contributed by atoms with Crippen molar-refractivity contribution in [1.29, 1.82) is 0 Å². The van der Waals surface area contributed by atoms with Crippen molar-refractivity contribution in [2.24, 2.45) is 0 Å². The predicted octanol–water partition coefficient (Wildman–Crippen LogP) is 1.79. The Hall–Kier alpha value is -1.20. The van der Waals surface area contributed by atoms with Gasteiger partial charge in [-0.3, -0.25) is 0 Å². The van der Waals surface area contributed by atoms with Crippen molar-refractivity contribution in [1.82, 2.24) is 4.81 Å². The fourth-order valence-corrected chi connectivity index (χ4v) is 3.79. The van der Waals surface area contributed by atoms with E-state index in [0.29, 0.717) is 18.1 Å². The minimum absolute atomic E-state index is 0.319. The van der Waals surface area contributed by atoms with Crippen LogP contribution in [0.25, 0.3) is 0 Å². The van der Waals surface area contributed by atoms with E-state index in [9.17, 15) is 5.02 Å². The zero-order valence-corrected chi connectivity index (χ0v) is 11.4. The van der Waals surface area contributed by atoms with Gasteiger partial charge in [0, 0.05) is 18.1 Å². The fourth-order valence-electron chi connectivity index (χ4n) is 3.79. The van der Waals surface area contributed by atoms with E-state index in [-0.39, 0.29) is 7.05 Å². The van der Waals surface area contributed by atoms with Crippen LogP contribution in [0.2, 0.25) is 6.82 Å². The molecule has 0 amide bonds. The van der Waals surface area contributed by atoms with Gasteiger partial charge in [-0.05, 0) is 44.6 Å². The third-order valence-electron chi connectivity index (χ3n) is 4.54. The maximum atomic E-state index is 9.86. The summed E-state index contributed by atoms with van der Waals surface area (Å²) < 4.78 is 0. The van der Waals surface area contributed by atoms with Crippen LogP contribution in [-0.4, -0.2) is 35.0 Å².